The third-order valence-electron chi connectivity index (χ3n) is 3.28. The smallest absolute Gasteiger partial charge is 0.214 e. The van der Waals surface area contributed by atoms with Gasteiger partial charge in [0.15, 0.2) is 5.96 Å². The van der Waals surface area contributed by atoms with E-state index >= 15 is 0 Å². The monoisotopic (exact) mass is 321 g/mol. The molecule has 0 atom stereocenters. The van der Waals surface area contributed by atoms with Crippen LogP contribution < -0.4 is 10.6 Å². The van der Waals surface area contributed by atoms with Crippen molar-refractivity contribution in [1.82, 2.24) is 20.6 Å². The van der Waals surface area contributed by atoms with Gasteiger partial charge in [-0.1, -0.05) is 6.92 Å². The summed E-state index contributed by atoms with van der Waals surface area (Å²) in [5, 5.41) is 7.62. The Bertz CT molecular complexity index is 612. The van der Waals surface area contributed by atoms with Crippen LogP contribution >= 0.6 is 11.3 Å². The van der Waals surface area contributed by atoms with Gasteiger partial charge < -0.3 is 15.1 Å². The van der Waals surface area contributed by atoms with E-state index in [1.807, 2.05) is 20.0 Å². The van der Waals surface area contributed by atoms with Crippen molar-refractivity contribution in [1.29, 1.82) is 0 Å². The first-order valence-electron chi connectivity index (χ1n) is 7.43. The molecule has 2 aromatic heterocycles. The van der Waals surface area contributed by atoms with Crippen molar-refractivity contribution in [2.24, 2.45) is 4.99 Å². The van der Waals surface area contributed by atoms with Crippen molar-refractivity contribution in [2.45, 2.75) is 40.2 Å². The number of guanidine groups is 1. The van der Waals surface area contributed by atoms with Crippen molar-refractivity contribution in [3.8, 4) is 0 Å². The molecule has 0 fully saturated rings. The fraction of sp³-hybridized carbons (Fsp3) is 0.533. The topological polar surface area (TPSA) is 75.3 Å². The first-order chi connectivity index (χ1) is 10.6. The van der Waals surface area contributed by atoms with Gasteiger partial charge >= 0.3 is 0 Å². The molecule has 0 spiro atoms. The minimum Gasteiger partial charge on any atom is -0.444 e. The molecule has 0 saturated carbocycles. The molecule has 0 aliphatic rings. The van der Waals surface area contributed by atoms with Crippen molar-refractivity contribution in [2.75, 3.05) is 13.6 Å². The minimum atomic E-state index is 0.519. The molecule has 0 saturated heterocycles. The Morgan fingerprint density at radius 3 is 2.77 bits per heavy atom. The number of thiazole rings is 1. The van der Waals surface area contributed by atoms with Crippen LogP contribution in [0.1, 0.15) is 34.2 Å². The number of rotatable bonds is 6. The molecule has 120 valence electrons. The molecule has 6 nitrogen and oxygen atoms in total. The molecule has 0 radical (unpaired) electrons. The highest BCUT2D eigenvalue weighted by Gasteiger charge is 2.06. The zero-order valence-electron chi connectivity index (χ0n) is 13.6. The van der Waals surface area contributed by atoms with E-state index in [2.05, 4.69) is 32.5 Å². The Balaban J connectivity index is 1.75. The third-order valence-corrected chi connectivity index (χ3v) is 4.49. The summed E-state index contributed by atoms with van der Waals surface area (Å²) in [5.41, 5.74) is 0.926. The molecule has 0 amide bonds. The highest BCUT2D eigenvalue weighted by atomic mass is 32.1. The molecule has 2 rings (SSSR count). The van der Waals surface area contributed by atoms with Gasteiger partial charge in [0.25, 0.3) is 0 Å². The summed E-state index contributed by atoms with van der Waals surface area (Å²) in [6.07, 6.45) is 3.90. The molecule has 22 heavy (non-hydrogen) atoms. The van der Waals surface area contributed by atoms with Gasteiger partial charge in [0.1, 0.15) is 5.76 Å². The summed E-state index contributed by atoms with van der Waals surface area (Å²) >= 11 is 1.77. The van der Waals surface area contributed by atoms with E-state index in [0.717, 1.165) is 41.8 Å². The summed E-state index contributed by atoms with van der Waals surface area (Å²) in [6, 6.07) is 0. The van der Waals surface area contributed by atoms with Gasteiger partial charge in [0.05, 0.1) is 17.2 Å². The molecule has 7 heteroatoms. The minimum absolute atomic E-state index is 0.519. The second kappa shape index (κ2) is 7.93. The molecule has 0 unspecified atom stereocenters. The third kappa shape index (κ3) is 4.56. The lowest BCUT2D eigenvalue weighted by atomic mass is 10.4. The van der Waals surface area contributed by atoms with Crippen molar-refractivity contribution in [3.05, 3.63) is 33.4 Å². The standard InChI is InChI=1S/C15H23N5OS/c1-5-12-8-18-14(22-12)6-7-17-15(16-4)19-9-13-20-10(2)11(3)21-13/h8H,5-7,9H2,1-4H3,(H2,16,17,19). The largest absolute Gasteiger partial charge is 0.444 e. The number of nitrogens with one attached hydrogen (secondary N) is 2. The molecule has 0 aliphatic heterocycles. The zero-order chi connectivity index (χ0) is 15.9. The van der Waals surface area contributed by atoms with Gasteiger partial charge in [0.2, 0.25) is 5.89 Å². The lowest BCUT2D eigenvalue weighted by Crippen LogP contribution is -2.37. The van der Waals surface area contributed by atoms with E-state index < -0.39 is 0 Å². The van der Waals surface area contributed by atoms with Crippen LogP contribution in [0, 0.1) is 13.8 Å². The summed E-state index contributed by atoms with van der Waals surface area (Å²) < 4.78 is 5.53. The van der Waals surface area contributed by atoms with Gasteiger partial charge in [-0.2, -0.15) is 0 Å². The molecule has 2 aromatic rings. The summed E-state index contributed by atoms with van der Waals surface area (Å²) in [4.78, 5) is 14.3. The van der Waals surface area contributed by atoms with Crippen LogP contribution in [0.25, 0.3) is 0 Å². The number of nitrogens with zero attached hydrogens (tertiary/aromatic N) is 3. The maximum absolute atomic E-state index is 5.53. The molecule has 0 bridgehead atoms. The molecule has 0 aliphatic carbocycles. The van der Waals surface area contributed by atoms with Crippen LogP contribution in [-0.2, 0) is 19.4 Å². The highest BCUT2D eigenvalue weighted by molar-refractivity contribution is 7.11. The number of hydrogen-bond donors (Lipinski definition) is 2. The van der Waals surface area contributed by atoms with Crippen molar-refractivity contribution >= 4 is 17.3 Å². The zero-order valence-corrected chi connectivity index (χ0v) is 14.4. The quantitative estimate of drug-likeness (QED) is 0.630. The predicted octanol–water partition coefficient (Wildman–Crippen LogP) is 2.22. The lowest BCUT2D eigenvalue weighted by molar-refractivity contribution is 0.464. The van der Waals surface area contributed by atoms with E-state index in [1.54, 1.807) is 18.4 Å². The van der Waals surface area contributed by atoms with Gasteiger partial charge in [-0.3, -0.25) is 4.99 Å². The Hall–Kier alpha value is -1.89. The molecule has 2 heterocycles. The fourth-order valence-corrected chi connectivity index (χ4v) is 2.77. The van der Waals surface area contributed by atoms with Crippen molar-refractivity contribution < 1.29 is 4.42 Å². The molecule has 0 aromatic carbocycles. The Morgan fingerprint density at radius 1 is 1.36 bits per heavy atom. The SMILES string of the molecule is CCc1cnc(CCNC(=NC)NCc2nc(C)c(C)o2)s1. The van der Waals surface area contributed by atoms with Gasteiger partial charge in [-0.05, 0) is 20.3 Å². The maximum Gasteiger partial charge on any atom is 0.214 e. The van der Waals surface area contributed by atoms with Crippen LogP contribution in [0.4, 0.5) is 0 Å². The lowest BCUT2D eigenvalue weighted by Gasteiger charge is -2.09. The second-order valence-electron chi connectivity index (χ2n) is 4.93. The number of hydrogen-bond acceptors (Lipinski definition) is 5. The van der Waals surface area contributed by atoms with Crippen LogP contribution in [0.2, 0.25) is 0 Å². The molecular formula is C15H23N5OS. The van der Waals surface area contributed by atoms with Crippen LogP contribution in [0.15, 0.2) is 15.6 Å². The maximum atomic E-state index is 5.53. The Kier molecular flexibility index (Phi) is 5.94. The van der Waals surface area contributed by atoms with Gasteiger partial charge in [0, 0.05) is 31.1 Å². The predicted molar refractivity (Wildman–Crippen MR) is 89.4 cm³/mol. The van der Waals surface area contributed by atoms with Gasteiger partial charge in [-0.15, -0.1) is 11.3 Å². The first-order valence-corrected chi connectivity index (χ1v) is 8.25. The average Bonchev–Trinajstić information content (AvgIpc) is 3.09. The second-order valence-corrected chi connectivity index (χ2v) is 6.13. The fourth-order valence-electron chi connectivity index (χ4n) is 1.91. The van der Waals surface area contributed by atoms with Crippen LogP contribution in [0.5, 0.6) is 0 Å². The first kappa shape index (κ1) is 16.5. The van der Waals surface area contributed by atoms with Crippen LogP contribution in [0.3, 0.4) is 0 Å². The Morgan fingerprint density at radius 2 is 2.18 bits per heavy atom. The van der Waals surface area contributed by atoms with Gasteiger partial charge in [-0.25, -0.2) is 9.97 Å². The number of aliphatic imine (C=N–C) groups is 1. The molecular weight excluding hydrogens is 298 g/mol. The van der Waals surface area contributed by atoms with E-state index in [9.17, 15) is 0 Å². The molecule has 2 N–H and O–H groups in total. The average molecular weight is 321 g/mol. The Labute approximate surface area is 135 Å². The van der Waals surface area contributed by atoms with Crippen LogP contribution in [-0.4, -0.2) is 29.5 Å². The van der Waals surface area contributed by atoms with E-state index in [-0.39, 0.29) is 0 Å². The summed E-state index contributed by atoms with van der Waals surface area (Å²) in [7, 11) is 1.75. The van der Waals surface area contributed by atoms with Crippen molar-refractivity contribution in [3.63, 3.8) is 0 Å². The summed E-state index contributed by atoms with van der Waals surface area (Å²) in [5.74, 6) is 2.27. The number of oxazole rings is 1. The van der Waals surface area contributed by atoms with E-state index in [1.165, 1.54) is 4.88 Å². The normalized spacial score (nSPS) is 11.7. The van der Waals surface area contributed by atoms with E-state index in [4.69, 9.17) is 4.42 Å². The van der Waals surface area contributed by atoms with E-state index in [0.29, 0.717) is 12.4 Å². The number of aromatic nitrogens is 2. The highest BCUT2D eigenvalue weighted by Crippen LogP contribution is 2.13. The number of aryl methyl sites for hydroxylation is 3. The summed E-state index contributed by atoms with van der Waals surface area (Å²) in [6.45, 7) is 7.31.